The van der Waals surface area contributed by atoms with Gasteiger partial charge in [0.2, 0.25) is 0 Å². The minimum absolute atomic E-state index is 0.437. The Labute approximate surface area is 121 Å². The molecule has 0 aromatic heterocycles. The van der Waals surface area contributed by atoms with Gasteiger partial charge in [0.1, 0.15) is 0 Å². The van der Waals surface area contributed by atoms with Crippen LogP contribution in [0.25, 0.3) is 0 Å². The van der Waals surface area contributed by atoms with Crippen LogP contribution in [0.1, 0.15) is 67.2 Å². The number of nitrogens with two attached hydrogens (primary N) is 1. The molecule has 0 spiro atoms. The predicted octanol–water partition coefficient (Wildman–Crippen LogP) is 3.90. The Morgan fingerprint density at radius 1 is 1.21 bits per heavy atom. The SMILES string of the molecule is CCCN(C(C)C)C1CC(C(C)(C)C)CCC1CN. The van der Waals surface area contributed by atoms with Crippen molar-refractivity contribution in [1.29, 1.82) is 0 Å². The van der Waals surface area contributed by atoms with E-state index in [2.05, 4.69) is 46.4 Å². The summed E-state index contributed by atoms with van der Waals surface area (Å²) < 4.78 is 0. The van der Waals surface area contributed by atoms with Gasteiger partial charge in [-0.25, -0.2) is 0 Å². The first kappa shape index (κ1) is 17.0. The van der Waals surface area contributed by atoms with Crippen molar-refractivity contribution < 1.29 is 0 Å². The molecule has 0 radical (unpaired) electrons. The number of rotatable bonds is 5. The maximum Gasteiger partial charge on any atom is 0.0141 e. The van der Waals surface area contributed by atoms with Crippen LogP contribution in [-0.2, 0) is 0 Å². The zero-order valence-corrected chi connectivity index (χ0v) is 14.1. The van der Waals surface area contributed by atoms with E-state index in [1.165, 1.54) is 32.2 Å². The lowest BCUT2D eigenvalue weighted by molar-refractivity contribution is 0.0281. The topological polar surface area (TPSA) is 29.3 Å². The number of nitrogens with zero attached hydrogens (tertiary/aromatic N) is 1. The van der Waals surface area contributed by atoms with Gasteiger partial charge in [-0.3, -0.25) is 4.90 Å². The third kappa shape index (κ3) is 4.46. The van der Waals surface area contributed by atoms with Gasteiger partial charge in [-0.2, -0.15) is 0 Å². The summed E-state index contributed by atoms with van der Waals surface area (Å²) in [7, 11) is 0. The average Bonchev–Trinajstić information content (AvgIpc) is 2.33. The van der Waals surface area contributed by atoms with Crippen molar-refractivity contribution in [2.24, 2.45) is 23.0 Å². The second-order valence-corrected chi connectivity index (χ2v) is 7.77. The minimum atomic E-state index is 0.437. The summed E-state index contributed by atoms with van der Waals surface area (Å²) >= 11 is 0. The molecule has 114 valence electrons. The second-order valence-electron chi connectivity index (χ2n) is 7.77. The molecule has 0 amide bonds. The molecular weight excluding hydrogens is 232 g/mol. The predicted molar refractivity (Wildman–Crippen MR) is 85.3 cm³/mol. The summed E-state index contributed by atoms with van der Waals surface area (Å²) in [5.41, 5.74) is 6.49. The van der Waals surface area contributed by atoms with Gasteiger partial charge in [0.15, 0.2) is 0 Å². The van der Waals surface area contributed by atoms with Gasteiger partial charge in [-0.05, 0) is 69.9 Å². The van der Waals surface area contributed by atoms with E-state index >= 15 is 0 Å². The molecule has 0 aliphatic heterocycles. The highest BCUT2D eigenvalue weighted by molar-refractivity contribution is 4.91. The van der Waals surface area contributed by atoms with Crippen LogP contribution in [0.3, 0.4) is 0 Å². The van der Waals surface area contributed by atoms with Crippen LogP contribution in [-0.4, -0.2) is 30.1 Å². The Hall–Kier alpha value is -0.0800. The molecule has 1 aliphatic rings. The van der Waals surface area contributed by atoms with Crippen LogP contribution < -0.4 is 5.73 Å². The molecule has 1 saturated carbocycles. The maximum atomic E-state index is 6.06. The molecule has 1 fully saturated rings. The van der Waals surface area contributed by atoms with Crippen molar-refractivity contribution in [3.63, 3.8) is 0 Å². The van der Waals surface area contributed by atoms with E-state index in [4.69, 9.17) is 5.73 Å². The Morgan fingerprint density at radius 3 is 2.26 bits per heavy atom. The van der Waals surface area contributed by atoms with Crippen molar-refractivity contribution in [2.75, 3.05) is 13.1 Å². The summed E-state index contributed by atoms with van der Waals surface area (Å²) in [5.74, 6) is 1.55. The van der Waals surface area contributed by atoms with Gasteiger partial charge in [0.05, 0.1) is 0 Å². The van der Waals surface area contributed by atoms with E-state index in [0.717, 1.165) is 12.5 Å². The van der Waals surface area contributed by atoms with Crippen LogP contribution in [0.5, 0.6) is 0 Å². The largest absolute Gasteiger partial charge is 0.330 e. The van der Waals surface area contributed by atoms with Crippen molar-refractivity contribution in [3.05, 3.63) is 0 Å². The zero-order chi connectivity index (χ0) is 14.6. The maximum absolute atomic E-state index is 6.06. The standard InChI is InChI=1S/C17H36N2/c1-7-10-19(13(2)3)16-11-15(17(4,5)6)9-8-14(16)12-18/h13-16H,7-12,18H2,1-6H3. The van der Waals surface area contributed by atoms with E-state index in [1.54, 1.807) is 0 Å². The molecule has 0 bridgehead atoms. The monoisotopic (exact) mass is 268 g/mol. The molecule has 2 nitrogen and oxygen atoms in total. The van der Waals surface area contributed by atoms with Crippen LogP contribution >= 0.6 is 0 Å². The molecule has 0 aromatic rings. The molecule has 1 rings (SSSR count). The van der Waals surface area contributed by atoms with Gasteiger partial charge >= 0.3 is 0 Å². The quantitative estimate of drug-likeness (QED) is 0.819. The van der Waals surface area contributed by atoms with Crippen LogP contribution in [0, 0.1) is 17.3 Å². The fourth-order valence-electron chi connectivity index (χ4n) is 3.74. The lowest BCUT2D eigenvalue weighted by Crippen LogP contribution is -2.51. The molecule has 19 heavy (non-hydrogen) atoms. The van der Waals surface area contributed by atoms with Crippen LogP contribution in [0.2, 0.25) is 0 Å². The van der Waals surface area contributed by atoms with E-state index in [0.29, 0.717) is 23.4 Å². The Bertz CT molecular complexity index is 254. The lowest BCUT2D eigenvalue weighted by atomic mass is 9.67. The number of hydrogen-bond acceptors (Lipinski definition) is 2. The lowest BCUT2D eigenvalue weighted by Gasteiger charge is -2.47. The van der Waals surface area contributed by atoms with E-state index in [9.17, 15) is 0 Å². The minimum Gasteiger partial charge on any atom is -0.330 e. The summed E-state index contributed by atoms with van der Waals surface area (Å²) in [4.78, 5) is 2.72. The zero-order valence-electron chi connectivity index (χ0n) is 14.1. The van der Waals surface area contributed by atoms with E-state index in [-0.39, 0.29) is 0 Å². The first-order chi connectivity index (χ1) is 8.81. The van der Waals surface area contributed by atoms with Crippen molar-refractivity contribution in [2.45, 2.75) is 79.3 Å². The fraction of sp³-hybridized carbons (Fsp3) is 1.00. The molecule has 0 saturated heterocycles. The Morgan fingerprint density at radius 2 is 1.84 bits per heavy atom. The molecule has 1 aliphatic carbocycles. The highest BCUT2D eigenvalue weighted by Crippen LogP contribution is 2.41. The van der Waals surface area contributed by atoms with Gasteiger partial charge in [-0.15, -0.1) is 0 Å². The molecule has 2 N–H and O–H groups in total. The third-order valence-corrected chi connectivity index (χ3v) is 5.05. The summed E-state index contributed by atoms with van der Waals surface area (Å²) in [5, 5.41) is 0. The molecule has 0 aromatic carbocycles. The van der Waals surface area contributed by atoms with Gasteiger partial charge in [0, 0.05) is 12.1 Å². The van der Waals surface area contributed by atoms with Gasteiger partial charge in [-0.1, -0.05) is 27.7 Å². The first-order valence-corrected chi connectivity index (χ1v) is 8.27. The van der Waals surface area contributed by atoms with Crippen molar-refractivity contribution >= 4 is 0 Å². The van der Waals surface area contributed by atoms with E-state index in [1.807, 2.05) is 0 Å². The highest BCUT2D eigenvalue weighted by atomic mass is 15.2. The summed E-state index contributed by atoms with van der Waals surface area (Å²) in [6.07, 6.45) is 5.26. The van der Waals surface area contributed by atoms with E-state index < -0.39 is 0 Å². The van der Waals surface area contributed by atoms with Crippen LogP contribution in [0.4, 0.5) is 0 Å². The summed E-state index contributed by atoms with van der Waals surface area (Å²) in [6, 6.07) is 1.33. The fourth-order valence-corrected chi connectivity index (χ4v) is 3.74. The second kappa shape index (κ2) is 7.08. The highest BCUT2D eigenvalue weighted by Gasteiger charge is 2.38. The normalized spacial score (nSPS) is 29.2. The first-order valence-electron chi connectivity index (χ1n) is 8.27. The van der Waals surface area contributed by atoms with Gasteiger partial charge in [0.25, 0.3) is 0 Å². The third-order valence-electron chi connectivity index (χ3n) is 5.05. The number of hydrogen-bond donors (Lipinski definition) is 1. The Kier molecular flexibility index (Phi) is 6.32. The smallest absolute Gasteiger partial charge is 0.0141 e. The van der Waals surface area contributed by atoms with Gasteiger partial charge < -0.3 is 5.73 Å². The molecule has 3 atom stereocenters. The Balaban J connectivity index is 2.84. The van der Waals surface area contributed by atoms with Crippen molar-refractivity contribution in [3.8, 4) is 0 Å². The molecule has 0 heterocycles. The van der Waals surface area contributed by atoms with Crippen molar-refractivity contribution in [1.82, 2.24) is 4.90 Å². The molecule has 2 heteroatoms. The summed E-state index contributed by atoms with van der Waals surface area (Å²) in [6.45, 7) is 16.2. The van der Waals surface area contributed by atoms with Crippen LogP contribution in [0.15, 0.2) is 0 Å². The molecule has 3 unspecified atom stereocenters. The molecular formula is C17H36N2. The average molecular weight is 268 g/mol.